The van der Waals surface area contributed by atoms with Crippen LogP contribution in [-0.4, -0.2) is 50.1 Å². The maximum Gasteiger partial charge on any atom is 0.227 e. The molecular formula is C16H31N3O. The van der Waals surface area contributed by atoms with E-state index in [1.807, 2.05) is 0 Å². The first-order valence-corrected chi connectivity index (χ1v) is 8.36. The number of piperidine rings is 1. The van der Waals surface area contributed by atoms with Gasteiger partial charge in [-0.2, -0.15) is 0 Å². The molecule has 116 valence electrons. The number of carbonyl (C=O) groups is 1. The second-order valence-electron chi connectivity index (χ2n) is 6.75. The molecule has 0 aromatic heterocycles. The van der Waals surface area contributed by atoms with Crippen molar-refractivity contribution in [3.8, 4) is 0 Å². The van der Waals surface area contributed by atoms with Gasteiger partial charge in [-0.05, 0) is 57.8 Å². The van der Waals surface area contributed by atoms with Gasteiger partial charge in [-0.3, -0.25) is 4.79 Å². The molecule has 2 aliphatic heterocycles. The van der Waals surface area contributed by atoms with E-state index in [1.165, 1.54) is 32.4 Å². The number of carbonyl (C=O) groups excluding carboxylic acids is 1. The van der Waals surface area contributed by atoms with E-state index < -0.39 is 0 Å². The van der Waals surface area contributed by atoms with E-state index in [2.05, 4.69) is 29.4 Å². The van der Waals surface area contributed by atoms with Gasteiger partial charge < -0.3 is 15.5 Å². The van der Waals surface area contributed by atoms with Gasteiger partial charge in [0.15, 0.2) is 0 Å². The van der Waals surface area contributed by atoms with Gasteiger partial charge >= 0.3 is 0 Å². The lowest BCUT2D eigenvalue weighted by atomic mass is 9.75. The number of amides is 1. The molecule has 2 heterocycles. The third kappa shape index (κ3) is 3.73. The van der Waals surface area contributed by atoms with E-state index in [1.54, 1.807) is 0 Å². The summed E-state index contributed by atoms with van der Waals surface area (Å²) in [6, 6.07) is 0. The fourth-order valence-electron chi connectivity index (χ4n) is 3.52. The second-order valence-corrected chi connectivity index (χ2v) is 6.75. The minimum atomic E-state index is -0.175. The normalized spacial score (nSPS) is 27.9. The lowest BCUT2D eigenvalue weighted by molar-refractivity contribution is -0.132. The molecule has 1 unspecified atom stereocenters. The molecule has 20 heavy (non-hydrogen) atoms. The molecule has 4 nitrogen and oxygen atoms in total. The summed E-state index contributed by atoms with van der Waals surface area (Å²) in [5.74, 6) is 0.663. The average Bonchev–Trinajstić information content (AvgIpc) is 2.95. The molecule has 1 amide bonds. The highest BCUT2D eigenvalue weighted by molar-refractivity contribution is 5.83. The number of rotatable bonds is 6. The van der Waals surface area contributed by atoms with Gasteiger partial charge in [0.1, 0.15) is 0 Å². The summed E-state index contributed by atoms with van der Waals surface area (Å²) in [5.41, 5.74) is -0.175. The molecule has 2 saturated heterocycles. The molecule has 0 aromatic carbocycles. The van der Waals surface area contributed by atoms with Crippen molar-refractivity contribution in [1.29, 1.82) is 0 Å². The first-order chi connectivity index (χ1) is 9.65. The standard InChI is InChI=1S/C16H31N3O/c1-14(2)16(7-9-17-13-16)15(20)18-8-6-12-19-10-4-3-5-11-19/h14,17H,3-13H2,1-2H3,(H,18,20). The summed E-state index contributed by atoms with van der Waals surface area (Å²) in [6.07, 6.45) is 6.12. The van der Waals surface area contributed by atoms with Crippen LogP contribution in [0.4, 0.5) is 0 Å². The lowest BCUT2D eigenvalue weighted by Crippen LogP contribution is -2.46. The number of nitrogens with zero attached hydrogens (tertiary/aromatic N) is 1. The molecular weight excluding hydrogens is 250 g/mol. The maximum atomic E-state index is 12.5. The smallest absolute Gasteiger partial charge is 0.227 e. The topological polar surface area (TPSA) is 44.4 Å². The molecule has 1 atom stereocenters. The van der Waals surface area contributed by atoms with Crippen LogP contribution in [0.1, 0.15) is 46.0 Å². The van der Waals surface area contributed by atoms with Crippen molar-refractivity contribution in [2.24, 2.45) is 11.3 Å². The second kappa shape index (κ2) is 7.41. The van der Waals surface area contributed by atoms with Crippen molar-refractivity contribution in [1.82, 2.24) is 15.5 Å². The van der Waals surface area contributed by atoms with Crippen molar-refractivity contribution in [3.05, 3.63) is 0 Å². The zero-order valence-electron chi connectivity index (χ0n) is 13.2. The van der Waals surface area contributed by atoms with Crippen molar-refractivity contribution in [2.45, 2.75) is 46.0 Å². The molecule has 0 spiro atoms. The Morgan fingerprint density at radius 3 is 2.65 bits per heavy atom. The zero-order valence-corrected chi connectivity index (χ0v) is 13.2. The van der Waals surface area contributed by atoms with Gasteiger partial charge in [0, 0.05) is 13.1 Å². The van der Waals surface area contributed by atoms with E-state index in [9.17, 15) is 4.79 Å². The summed E-state index contributed by atoms with van der Waals surface area (Å²) in [4.78, 5) is 15.0. The molecule has 2 N–H and O–H groups in total. The van der Waals surface area contributed by atoms with E-state index in [-0.39, 0.29) is 11.3 Å². The highest BCUT2D eigenvalue weighted by atomic mass is 16.2. The predicted molar refractivity (Wildman–Crippen MR) is 82.7 cm³/mol. The Kier molecular flexibility index (Phi) is 5.85. The van der Waals surface area contributed by atoms with Crippen molar-refractivity contribution in [2.75, 3.05) is 39.3 Å². The monoisotopic (exact) mass is 281 g/mol. The minimum Gasteiger partial charge on any atom is -0.356 e. The van der Waals surface area contributed by atoms with Gasteiger partial charge in [-0.1, -0.05) is 20.3 Å². The average molecular weight is 281 g/mol. The van der Waals surface area contributed by atoms with Crippen LogP contribution >= 0.6 is 0 Å². The Balaban J connectivity index is 1.68. The molecule has 2 fully saturated rings. The minimum absolute atomic E-state index is 0.175. The summed E-state index contributed by atoms with van der Waals surface area (Å²) in [7, 11) is 0. The van der Waals surface area contributed by atoms with Gasteiger partial charge in [0.2, 0.25) is 5.91 Å². The predicted octanol–water partition coefficient (Wildman–Crippen LogP) is 1.61. The molecule has 4 heteroatoms. The van der Waals surface area contributed by atoms with Crippen LogP contribution in [0, 0.1) is 11.3 Å². The van der Waals surface area contributed by atoms with Crippen LogP contribution in [0.5, 0.6) is 0 Å². The van der Waals surface area contributed by atoms with E-state index in [4.69, 9.17) is 0 Å². The molecule has 0 aliphatic carbocycles. The Labute approximate surface area is 123 Å². The van der Waals surface area contributed by atoms with Crippen molar-refractivity contribution < 1.29 is 4.79 Å². The maximum absolute atomic E-state index is 12.5. The highest BCUT2D eigenvalue weighted by Crippen LogP contribution is 2.34. The van der Waals surface area contributed by atoms with Crippen LogP contribution in [0.3, 0.4) is 0 Å². The van der Waals surface area contributed by atoms with Crippen LogP contribution in [0.25, 0.3) is 0 Å². The lowest BCUT2D eigenvalue weighted by Gasteiger charge is -2.31. The molecule has 0 bridgehead atoms. The number of nitrogens with one attached hydrogen (secondary N) is 2. The van der Waals surface area contributed by atoms with Gasteiger partial charge in [0.25, 0.3) is 0 Å². The van der Waals surface area contributed by atoms with Crippen molar-refractivity contribution >= 4 is 5.91 Å². The summed E-state index contributed by atoms with van der Waals surface area (Å²) >= 11 is 0. The van der Waals surface area contributed by atoms with Crippen LogP contribution < -0.4 is 10.6 Å². The largest absolute Gasteiger partial charge is 0.356 e. The quantitative estimate of drug-likeness (QED) is 0.727. The number of likely N-dealkylation sites (tertiary alicyclic amines) is 1. The van der Waals surface area contributed by atoms with E-state index in [0.29, 0.717) is 5.92 Å². The number of hydrogen-bond donors (Lipinski definition) is 2. The summed E-state index contributed by atoms with van der Waals surface area (Å²) in [6.45, 7) is 10.6. The van der Waals surface area contributed by atoms with Crippen LogP contribution in [0.15, 0.2) is 0 Å². The Bertz CT molecular complexity index is 305. The molecule has 2 rings (SSSR count). The third-order valence-corrected chi connectivity index (χ3v) is 5.13. The molecule has 0 saturated carbocycles. The zero-order chi connectivity index (χ0) is 14.4. The van der Waals surface area contributed by atoms with E-state index >= 15 is 0 Å². The molecule has 0 radical (unpaired) electrons. The van der Waals surface area contributed by atoms with Crippen LogP contribution in [0.2, 0.25) is 0 Å². The molecule has 2 aliphatic rings. The van der Waals surface area contributed by atoms with Gasteiger partial charge in [0.05, 0.1) is 5.41 Å². The first-order valence-electron chi connectivity index (χ1n) is 8.36. The summed E-state index contributed by atoms with van der Waals surface area (Å²) < 4.78 is 0. The van der Waals surface area contributed by atoms with Gasteiger partial charge in [-0.15, -0.1) is 0 Å². The van der Waals surface area contributed by atoms with Crippen molar-refractivity contribution in [3.63, 3.8) is 0 Å². The third-order valence-electron chi connectivity index (χ3n) is 5.13. The van der Waals surface area contributed by atoms with Crippen LogP contribution in [-0.2, 0) is 4.79 Å². The fraction of sp³-hybridized carbons (Fsp3) is 0.938. The Morgan fingerprint density at radius 1 is 1.30 bits per heavy atom. The number of hydrogen-bond acceptors (Lipinski definition) is 3. The molecule has 0 aromatic rings. The first kappa shape index (κ1) is 15.8. The summed E-state index contributed by atoms with van der Waals surface area (Å²) in [5, 5.41) is 6.53. The van der Waals surface area contributed by atoms with E-state index in [0.717, 1.165) is 39.0 Å². The van der Waals surface area contributed by atoms with Gasteiger partial charge in [-0.25, -0.2) is 0 Å². The highest BCUT2D eigenvalue weighted by Gasteiger charge is 2.43. The Morgan fingerprint density at radius 2 is 2.05 bits per heavy atom. The fourth-order valence-corrected chi connectivity index (χ4v) is 3.52. The SMILES string of the molecule is CC(C)C1(C(=O)NCCCN2CCCCC2)CCNC1. The Hall–Kier alpha value is -0.610.